The lowest BCUT2D eigenvalue weighted by molar-refractivity contribution is 0.0995. The van der Waals surface area contributed by atoms with Crippen molar-refractivity contribution >= 4 is 17.1 Å². The van der Waals surface area contributed by atoms with Crippen LogP contribution >= 0.6 is 0 Å². The third kappa shape index (κ3) is 1.84. The van der Waals surface area contributed by atoms with Crippen molar-refractivity contribution < 1.29 is 4.79 Å². The van der Waals surface area contributed by atoms with Gasteiger partial charge in [-0.2, -0.15) is 0 Å². The Morgan fingerprint density at radius 2 is 2.16 bits per heavy atom. The van der Waals surface area contributed by atoms with Crippen molar-refractivity contribution in [3.8, 4) is 11.4 Å². The van der Waals surface area contributed by atoms with Crippen LogP contribution in [-0.2, 0) is 0 Å². The lowest BCUT2D eigenvalue weighted by atomic mass is 10.2. The van der Waals surface area contributed by atoms with Crippen molar-refractivity contribution in [3.05, 3.63) is 40.7 Å². The van der Waals surface area contributed by atoms with Crippen molar-refractivity contribution in [3.63, 3.8) is 0 Å². The Morgan fingerprint density at radius 1 is 1.32 bits per heavy atom. The molecule has 0 radical (unpaired) electrons. The van der Waals surface area contributed by atoms with Gasteiger partial charge in [0.1, 0.15) is 11.5 Å². The van der Waals surface area contributed by atoms with E-state index in [9.17, 15) is 9.59 Å². The van der Waals surface area contributed by atoms with Crippen LogP contribution in [0.25, 0.3) is 22.6 Å². The van der Waals surface area contributed by atoms with Crippen LogP contribution in [0.4, 0.5) is 0 Å². The number of H-pyrrole nitrogens is 2. The third-order valence-electron chi connectivity index (χ3n) is 2.58. The van der Waals surface area contributed by atoms with Crippen LogP contribution < -0.4 is 11.3 Å². The van der Waals surface area contributed by atoms with Crippen LogP contribution in [0.1, 0.15) is 10.5 Å². The van der Waals surface area contributed by atoms with Gasteiger partial charge in [0, 0.05) is 11.8 Å². The van der Waals surface area contributed by atoms with Gasteiger partial charge in [-0.15, -0.1) is 0 Å². The summed E-state index contributed by atoms with van der Waals surface area (Å²) in [4.78, 5) is 40.1. The molecule has 8 heteroatoms. The Kier molecular flexibility index (Phi) is 2.34. The van der Waals surface area contributed by atoms with Gasteiger partial charge >= 0.3 is 0 Å². The smallest absolute Gasteiger partial charge is 0.277 e. The van der Waals surface area contributed by atoms with Crippen molar-refractivity contribution in [2.45, 2.75) is 0 Å². The SMILES string of the molecule is NC(=O)c1cc(-c2nc3nc[nH]c3c(=O)[nH]2)ccn1. The number of rotatable bonds is 2. The Bertz CT molecular complexity index is 834. The molecule has 8 nitrogen and oxygen atoms in total. The maximum absolute atomic E-state index is 11.8. The number of nitrogens with two attached hydrogens (primary N) is 1. The van der Waals surface area contributed by atoms with Crippen LogP contribution in [-0.4, -0.2) is 30.8 Å². The summed E-state index contributed by atoms with van der Waals surface area (Å²) in [6.45, 7) is 0. The highest BCUT2D eigenvalue weighted by Crippen LogP contribution is 2.15. The number of nitrogens with one attached hydrogen (secondary N) is 2. The molecule has 19 heavy (non-hydrogen) atoms. The Labute approximate surface area is 105 Å². The molecule has 0 saturated carbocycles. The van der Waals surface area contributed by atoms with Gasteiger partial charge in [0.15, 0.2) is 11.2 Å². The van der Waals surface area contributed by atoms with Crippen LogP contribution in [0.5, 0.6) is 0 Å². The summed E-state index contributed by atoms with van der Waals surface area (Å²) in [7, 11) is 0. The van der Waals surface area contributed by atoms with E-state index in [4.69, 9.17) is 5.73 Å². The van der Waals surface area contributed by atoms with E-state index < -0.39 is 5.91 Å². The van der Waals surface area contributed by atoms with Crippen molar-refractivity contribution in [1.29, 1.82) is 0 Å². The van der Waals surface area contributed by atoms with Crippen LogP contribution in [0.2, 0.25) is 0 Å². The first-order valence-electron chi connectivity index (χ1n) is 5.35. The number of pyridine rings is 1. The normalized spacial score (nSPS) is 10.7. The molecule has 0 aromatic carbocycles. The molecule has 3 aromatic heterocycles. The summed E-state index contributed by atoms with van der Waals surface area (Å²) in [6, 6.07) is 3.07. The molecule has 0 atom stereocenters. The predicted octanol–water partition coefficient (Wildman–Crippen LogP) is -0.193. The molecule has 0 aliphatic rings. The van der Waals surface area contributed by atoms with Gasteiger partial charge in [-0.05, 0) is 12.1 Å². The van der Waals surface area contributed by atoms with E-state index in [0.29, 0.717) is 22.6 Å². The van der Waals surface area contributed by atoms with Gasteiger partial charge in [-0.3, -0.25) is 14.6 Å². The highest BCUT2D eigenvalue weighted by atomic mass is 16.1. The molecular formula is C11H8N6O2. The fourth-order valence-corrected chi connectivity index (χ4v) is 1.69. The fraction of sp³-hybridized carbons (Fsp3) is 0. The molecule has 0 aliphatic heterocycles. The molecule has 0 bridgehead atoms. The number of aromatic amines is 2. The number of hydrogen-bond acceptors (Lipinski definition) is 5. The van der Waals surface area contributed by atoms with E-state index in [-0.39, 0.29) is 11.3 Å². The lowest BCUT2D eigenvalue weighted by Gasteiger charge is -2.01. The van der Waals surface area contributed by atoms with E-state index in [1.54, 1.807) is 6.07 Å². The Morgan fingerprint density at radius 3 is 2.95 bits per heavy atom. The summed E-state index contributed by atoms with van der Waals surface area (Å²) >= 11 is 0. The van der Waals surface area contributed by atoms with E-state index in [1.165, 1.54) is 18.6 Å². The number of aromatic nitrogens is 5. The average Bonchev–Trinajstić information content (AvgIpc) is 2.87. The summed E-state index contributed by atoms with van der Waals surface area (Å²) in [5, 5.41) is 0. The molecule has 0 saturated heterocycles. The molecule has 4 N–H and O–H groups in total. The molecule has 0 aliphatic carbocycles. The van der Waals surface area contributed by atoms with Gasteiger partial charge in [0.25, 0.3) is 11.5 Å². The minimum absolute atomic E-state index is 0.0993. The second kappa shape index (κ2) is 4.02. The van der Waals surface area contributed by atoms with Crippen LogP contribution in [0.3, 0.4) is 0 Å². The van der Waals surface area contributed by atoms with Crippen LogP contribution in [0, 0.1) is 0 Å². The Balaban J connectivity index is 2.21. The van der Waals surface area contributed by atoms with Crippen molar-refractivity contribution in [2.24, 2.45) is 5.73 Å². The first kappa shape index (κ1) is 11.1. The number of hydrogen-bond donors (Lipinski definition) is 3. The summed E-state index contributed by atoms with van der Waals surface area (Å²) in [5.74, 6) is -0.348. The van der Waals surface area contributed by atoms with Gasteiger partial charge in [0.2, 0.25) is 0 Å². The number of imidazole rings is 1. The highest BCUT2D eigenvalue weighted by molar-refractivity contribution is 5.91. The largest absolute Gasteiger partial charge is 0.364 e. The average molecular weight is 256 g/mol. The first-order valence-corrected chi connectivity index (χ1v) is 5.35. The number of amides is 1. The standard InChI is InChI=1S/C11H8N6O2/c12-8(18)6-3-5(1-2-13-6)9-16-10-7(11(19)17-9)14-4-15-10/h1-4H,(H2,12,18)(H2,14,15,16,17,19). The quantitative estimate of drug-likeness (QED) is 0.584. The van der Waals surface area contributed by atoms with Gasteiger partial charge in [0.05, 0.1) is 6.33 Å². The number of primary amides is 1. The first-order chi connectivity index (χ1) is 9.15. The second-order valence-electron chi connectivity index (χ2n) is 3.81. The summed E-state index contributed by atoms with van der Waals surface area (Å²) < 4.78 is 0. The molecule has 0 fully saturated rings. The minimum atomic E-state index is -0.648. The van der Waals surface area contributed by atoms with E-state index in [0.717, 1.165) is 0 Å². The minimum Gasteiger partial charge on any atom is -0.364 e. The molecule has 3 aromatic rings. The second-order valence-corrected chi connectivity index (χ2v) is 3.81. The molecular weight excluding hydrogens is 248 g/mol. The maximum atomic E-state index is 11.8. The number of carbonyl (C=O) groups is 1. The number of fused-ring (bicyclic) bond motifs is 1. The Hall–Kier alpha value is -3.03. The summed E-state index contributed by atoms with van der Waals surface area (Å²) in [5.41, 5.74) is 6.05. The predicted molar refractivity (Wildman–Crippen MR) is 66.3 cm³/mol. The van der Waals surface area contributed by atoms with E-state index >= 15 is 0 Å². The molecule has 3 rings (SSSR count). The third-order valence-corrected chi connectivity index (χ3v) is 2.58. The molecule has 1 amide bonds. The van der Waals surface area contributed by atoms with Gasteiger partial charge in [-0.25, -0.2) is 9.97 Å². The molecule has 3 heterocycles. The molecule has 0 spiro atoms. The van der Waals surface area contributed by atoms with Gasteiger partial charge < -0.3 is 15.7 Å². The number of carbonyl (C=O) groups excluding carboxylic acids is 1. The van der Waals surface area contributed by atoms with Crippen molar-refractivity contribution in [2.75, 3.05) is 0 Å². The lowest BCUT2D eigenvalue weighted by Crippen LogP contribution is -2.13. The highest BCUT2D eigenvalue weighted by Gasteiger charge is 2.10. The fourth-order valence-electron chi connectivity index (χ4n) is 1.69. The molecule has 0 unspecified atom stereocenters. The van der Waals surface area contributed by atoms with E-state index in [1.807, 2.05) is 0 Å². The van der Waals surface area contributed by atoms with Crippen molar-refractivity contribution in [1.82, 2.24) is 24.9 Å². The van der Waals surface area contributed by atoms with Gasteiger partial charge in [-0.1, -0.05) is 0 Å². The molecule has 94 valence electrons. The van der Waals surface area contributed by atoms with E-state index in [2.05, 4.69) is 24.9 Å². The van der Waals surface area contributed by atoms with Crippen LogP contribution in [0.15, 0.2) is 29.5 Å². The monoisotopic (exact) mass is 256 g/mol. The zero-order valence-corrected chi connectivity index (χ0v) is 9.54. The number of nitrogens with zero attached hydrogens (tertiary/aromatic N) is 3. The zero-order valence-electron chi connectivity index (χ0n) is 9.54. The zero-order chi connectivity index (χ0) is 13.4. The topological polar surface area (TPSA) is 130 Å². The summed E-state index contributed by atoms with van der Waals surface area (Å²) in [6.07, 6.45) is 2.81. The maximum Gasteiger partial charge on any atom is 0.277 e.